The lowest BCUT2D eigenvalue weighted by Gasteiger charge is -2.45. The predicted molar refractivity (Wildman–Crippen MR) is 74.2 cm³/mol. The average Bonchev–Trinajstić information content (AvgIpc) is 2.29. The van der Waals surface area contributed by atoms with Gasteiger partial charge >= 0.3 is 0 Å². The van der Waals surface area contributed by atoms with Gasteiger partial charge in [0.15, 0.2) is 0 Å². The van der Waals surface area contributed by atoms with Gasteiger partial charge in [0.25, 0.3) is 0 Å². The highest BCUT2D eigenvalue weighted by atomic mass is 15.2. The molecule has 2 rings (SSSR count). The third-order valence-electron chi connectivity index (χ3n) is 4.96. The molecule has 0 aromatic carbocycles. The van der Waals surface area contributed by atoms with E-state index in [9.17, 15) is 0 Å². The van der Waals surface area contributed by atoms with Crippen LogP contribution in [0.25, 0.3) is 0 Å². The van der Waals surface area contributed by atoms with Crippen LogP contribution in [0.1, 0.15) is 47.0 Å². The van der Waals surface area contributed by atoms with E-state index in [0.29, 0.717) is 5.41 Å². The van der Waals surface area contributed by atoms with Gasteiger partial charge in [0, 0.05) is 6.04 Å². The molecular formula is C15H30N2. The monoisotopic (exact) mass is 238 g/mol. The molecule has 2 heterocycles. The highest BCUT2D eigenvalue weighted by Crippen LogP contribution is 2.35. The molecule has 2 heteroatoms. The van der Waals surface area contributed by atoms with Gasteiger partial charge < -0.3 is 10.2 Å². The SMILES string of the molecule is CC1CNCCC1N1CCC(C(C)(C)C)CC1. The van der Waals surface area contributed by atoms with Crippen LogP contribution in [0, 0.1) is 17.3 Å². The molecule has 2 unspecified atom stereocenters. The first-order valence-corrected chi connectivity index (χ1v) is 7.43. The maximum absolute atomic E-state index is 3.51. The van der Waals surface area contributed by atoms with Gasteiger partial charge in [-0.25, -0.2) is 0 Å². The minimum absolute atomic E-state index is 0.506. The van der Waals surface area contributed by atoms with Crippen LogP contribution in [0.3, 0.4) is 0 Å². The Labute approximate surface area is 107 Å². The van der Waals surface area contributed by atoms with E-state index < -0.39 is 0 Å². The van der Waals surface area contributed by atoms with E-state index in [1.54, 1.807) is 0 Å². The molecule has 2 fully saturated rings. The molecule has 1 N–H and O–H groups in total. The number of hydrogen-bond acceptors (Lipinski definition) is 2. The molecule has 17 heavy (non-hydrogen) atoms. The van der Waals surface area contributed by atoms with Crippen molar-refractivity contribution in [2.24, 2.45) is 17.3 Å². The summed E-state index contributed by atoms with van der Waals surface area (Å²) < 4.78 is 0. The zero-order valence-electron chi connectivity index (χ0n) is 12.1. The van der Waals surface area contributed by atoms with Crippen molar-refractivity contribution in [2.45, 2.75) is 53.0 Å². The van der Waals surface area contributed by atoms with Crippen LogP contribution in [0.4, 0.5) is 0 Å². The fourth-order valence-corrected chi connectivity index (χ4v) is 3.64. The number of nitrogens with zero attached hydrogens (tertiary/aromatic N) is 1. The Kier molecular flexibility index (Phi) is 4.14. The van der Waals surface area contributed by atoms with Crippen molar-refractivity contribution < 1.29 is 0 Å². The van der Waals surface area contributed by atoms with Crippen LogP contribution in [-0.4, -0.2) is 37.1 Å². The van der Waals surface area contributed by atoms with Gasteiger partial charge in [-0.15, -0.1) is 0 Å². The third kappa shape index (κ3) is 3.23. The number of piperidine rings is 2. The summed E-state index contributed by atoms with van der Waals surface area (Å²) in [6, 6.07) is 0.845. The lowest BCUT2D eigenvalue weighted by atomic mass is 9.75. The predicted octanol–water partition coefficient (Wildman–Crippen LogP) is 2.74. The van der Waals surface area contributed by atoms with E-state index in [2.05, 4.69) is 37.9 Å². The van der Waals surface area contributed by atoms with Crippen LogP contribution < -0.4 is 5.32 Å². The van der Waals surface area contributed by atoms with E-state index in [0.717, 1.165) is 17.9 Å². The van der Waals surface area contributed by atoms with Crippen LogP contribution in [0.15, 0.2) is 0 Å². The average molecular weight is 238 g/mol. The molecule has 0 aromatic heterocycles. The van der Waals surface area contributed by atoms with Crippen LogP contribution >= 0.6 is 0 Å². The first-order chi connectivity index (χ1) is 7.98. The van der Waals surface area contributed by atoms with Crippen molar-refractivity contribution in [1.82, 2.24) is 10.2 Å². The Morgan fingerprint density at radius 3 is 2.24 bits per heavy atom. The van der Waals surface area contributed by atoms with E-state index >= 15 is 0 Å². The van der Waals surface area contributed by atoms with Crippen molar-refractivity contribution in [3.05, 3.63) is 0 Å². The molecular weight excluding hydrogens is 208 g/mol. The van der Waals surface area contributed by atoms with Gasteiger partial charge in [-0.2, -0.15) is 0 Å². The van der Waals surface area contributed by atoms with Crippen molar-refractivity contribution in [3.63, 3.8) is 0 Å². The quantitative estimate of drug-likeness (QED) is 0.755. The normalized spacial score (nSPS) is 33.9. The molecule has 0 aliphatic carbocycles. The van der Waals surface area contributed by atoms with Crippen molar-refractivity contribution in [2.75, 3.05) is 26.2 Å². The van der Waals surface area contributed by atoms with E-state index in [1.807, 2.05) is 0 Å². The second-order valence-corrected chi connectivity index (χ2v) is 7.21. The molecule has 2 aliphatic rings. The van der Waals surface area contributed by atoms with Crippen molar-refractivity contribution >= 4 is 0 Å². The van der Waals surface area contributed by atoms with Gasteiger partial charge in [-0.05, 0) is 62.7 Å². The third-order valence-corrected chi connectivity index (χ3v) is 4.96. The number of hydrogen-bond donors (Lipinski definition) is 1. The molecule has 2 saturated heterocycles. The smallest absolute Gasteiger partial charge is 0.0145 e. The summed E-state index contributed by atoms with van der Waals surface area (Å²) in [6.07, 6.45) is 4.15. The van der Waals surface area contributed by atoms with Gasteiger partial charge in [0.1, 0.15) is 0 Å². The second kappa shape index (κ2) is 5.27. The summed E-state index contributed by atoms with van der Waals surface area (Å²) in [7, 11) is 0. The minimum atomic E-state index is 0.506. The molecule has 100 valence electrons. The largest absolute Gasteiger partial charge is 0.316 e. The maximum Gasteiger partial charge on any atom is 0.0145 e. The fourth-order valence-electron chi connectivity index (χ4n) is 3.64. The summed E-state index contributed by atoms with van der Waals surface area (Å²) in [5, 5.41) is 3.51. The van der Waals surface area contributed by atoms with Gasteiger partial charge in [0.05, 0.1) is 0 Å². The number of rotatable bonds is 1. The van der Waals surface area contributed by atoms with Crippen molar-refractivity contribution in [3.8, 4) is 0 Å². The molecule has 2 nitrogen and oxygen atoms in total. The molecule has 0 aromatic rings. The first-order valence-electron chi connectivity index (χ1n) is 7.43. The summed E-state index contributed by atoms with van der Waals surface area (Å²) in [4.78, 5) is 2.77. The van der Waals surface area contributed by atoms with Crippen molar-refractivity contribution in [1.29, 1.82) is 0 Å². The Hall–Kier alpha value is -0.0800. The zero-order chi connectivity index (χ0) is 12.5. The van der Waals surface area contributed by atoms with Gasteiger partial charge in [-0.3, -0.25) is 0 Å². The van der Waals surface area contributed by atoms with E-state index in [1.165, 1.54) is 45.4 Å². The molecule has 2 aliphatic heterocycles. The summed E-state index contributed by atoms with van der Waals surface area (Å²) >= 11 is 0. The second-order valence-electron chi connectivity index (χ2n) is 7.21. The first kappa shape index (κ1) is 13.4. The Balaban J connectivity index is 1.86. The summed E-state index contributed by atoms with van der Waals surface area (Å²) in [5.41, 5.74) is 0.506. The zero-order valence-corrected chi connectivity index (χ0v) is 12.1. The van der Waals surface area contributed by atoms with Crippen LogP contribution in [0.5, 0.6) is 0 Å². The Morgan fingerprint density at radius 2 is 1.71 bits per heavy atom. The summed E-state index contributed by atoms with van der Waals surface area (Å²) in [5.74, 6) is 1.76. The molecule has 2 atom stereocenters. The Bertz CT molecular complexity index is 236. The topological polar surface area (TPSA) is 15.3 Å². The lowest BCUT2D eigenvalue weighted by molar-refractivity contribution is 0.0513. The molecule has 0 radical (unpaired) electrons. The minimum Gasteiger partial charge on any atom is -0.316 e. The fraction of sp³-hybridized carbons (Fsp3) is 1.00. The molecule has 0 saturated carbocycles. The molecule has 0 spiro atoms. The van der Waals surface area contributed by atoms with Crippen LogP contribution in [-0.2, 0) is 0 Å². The maximum atomic E-state index is 3.51. The van der Waals surface area contributed by atoms with Crippen LogP contribution in [0.2, 0.25) is 0 Å². The van der Waals surface area contributed by atoms with E-state index in [4.69, 9.17) is 0 Å². The standard InChI is InChI=1S/C15H30N2/c1-12-11-16-8-5-14(12)17-9-6-13(7-10-17)15(2,3)4/h12-14,16H,5-11H2,1-4H3. The number of likely N-dealkylation sites (tertiary alicyclic amines) is 1. The molecule has 0 amide bonds. The Morgan fingerprint density at radius 1 is 1.06 bits per heavy atom. The lowest BCUT2D eigenvalue weighted by Crippen LogP contribution is -2.51. The highest BCUT2D eigenvalue weighted by Gasteiger charge is 2.33. The number of nitrogens with one attached hydrogen (secondary N) is 1. The summed E-state index contributed by atoms with van der Waals surface area (Å²) in [6.45, 7) is 14.7. The molecule has 0 bridgehead atoms. The van der Waals surface area contributed by atoms with Gasteiger partial charge in [0.2, 0.25) is 0 Å². The van der Waals surface area contributed by atoms with E-state index in [-0.39, 0.29) is 0 Å². The highest BCUT2D eigenvalue weighted by molar-refractivity contribution is 4.88. The van der Waals surface area contributed by atoms with Gasteiger partial charge in [-0.1, -0.05) is 27.7 Å².